The molecule has 1 aromatic heterocycles. The molecule has 1 nitrogen and oxygen atoms in total. The van der Waals surface area contributed by atoms with Gasteiger partial charge in [0.15, 0.2) is 0 Å². The number of nitrogens with zero attached hydrogens (tertiary/aromatic N) is 1. The number of halogens is 2. The van der Waals surface area contributed by atoms with Crippen molar-refractivity contribution >= 4 is 27.5 Å². The van der Waals surface area contributed by atoms with Gasteiger partial charge < -0.3 is 0 Å². The van der Waals surface area contributed by atoms with Gasteiger partial charge in [-0.15, -0.1) is 11.6 Å². The van der Waals surface area contributed by atoms with Gasteiger partial charge >= 0.3 is 0 Å². The highest BCUT2D eigenvalue weighted by molar-refractivity contribution is 9.10. The summed E-state index contributed by atoms with van der Waals surface area (Å²) in [6, 6.07) is 10.3. The zero-order chi connectivity index (χ0) is 13.1. The smallest absolute Gasteiger partial charge is 0.0640 e. The van der Waals surface area contributed by atoms with Crippen molar-refractivity contribution in [3.05, 3.63) is 63.4 Å². The molecule has 0 saturated heterocycles. The van der Waals surface area contributed by atoms with Gasteiger partial charge in [-0.1, -0.05) is 34.1 Å². The fourth-order valence-electron chi connectivity index (χ4n) is 1.88. The summed E-state index contributed by atoms with van der Waals surface area (Å²) in [4.78, 5) is 4.39. The summed E-state index contributed by atoms with van der Waals surface area (Å²) in [5.41, 5.74) is 4.60. The first-order chi connectivity index (χ1) is 8.58. The van der Waals surface area contributed by atoms with Gasteiger partial charge in [-0.05, 0) is 42.7 Å². The maximum atomic E-state index is 6.48. The maximum absolute atomic E-state index is 6.48. The highest BCUT2D eigenvalue weighted by Gasteiger charge is 2.12. The summed E-state index contributed by atoms with van der Waals surface area (Å²) in [6.45, 7) is 4.14. The number of benzene rings is 1. The minimum absolute atomic E-state index is 0.0367. The van der Waals surface area contributed by atoms with Crippen LogP contribution >= 0.6 is 27.5 Å². The van der Waals surface area contributed by atoms with Crippen LogP contribution in [0.3, 0.4) is 0 Å². The number of aromatic nitrogens is 1. The van der Waals surface area contributed by atoms with Crippen molar-refractivity contribution in [3.63, 3.8) is 0 Å². The second-order valence-corrected chi connectivity index (χ2v) is 5.83. The molecular formula is C15H15BrClN. The summed E-state index contributed by atoms with van der Waals surface area (Å²) in [6.07, 6.45) is 2.58. The third kappa shape index (κ3) is 3.12. The normalized spacial score (nSPS) is 12.4. The molecule has 0 aliphatic carbocycles. The van der Waals surface area contributed by atoms with Gasteiger partial charge in [-0.3, -0.25) is 4.98 Å². The molecule has 0 radical (unpaired) electrons. The molecule has 0 bridgehead atoms. The van der Waals surface area contributed by atoms with E-state index in [9.17, 15) is 0 Å². The Morgan fingerprint density at radius 2 is 2.00 bits per heavy atom. The van der Waals surface area contributed by atoms with Crippen LogP contribution in [0.5, 0.6) is 0 Å². The Bertz CT molecular complexity index is 554. The predicted octanol–water partition coefficient (Wildman–Crippen LogP) is 4.98. The molecule has 3 heteroatoms. The summed E-state index contributed by atoms with van der Waals surface area (Å²) in [5, 5.41) is -0.0367. The lowest BCUT2D eigenvalue weighted by atomic mass is 10.0. The minimum atomic E-state index is -0.0367. The van der Waals surface area contributed by atoms with Gasteiger partial charge in [-0.25, -0.2) is 0 Å². The van der Waals surface area contributed by atoms with E-state index >= 15 is 0 Å². The van der Waals surface area contributed by atoms with E-state index in [4.69, 9.17) is 11.6 Å². The lowest BCUT2D eigenvalue weighted by Crippen LogP contribution is -2.00. The molecule has 18 heavy (non-hydrogen) atoms. The van der Waals surface area contributed by atoms with E-state index < -0.39 is 0 Å². The van der Waals surface area contributed by atoms with Gasteiger partial charge in [0.25, 0.3) is 0 Å². The highest BCUT2D eigenvalue weighted by Crippen LogP contribution is 2.28. The molecule has 0 aliphatic rings. The number of alkyl halides is 1. The number of hydrogen-bond donors (Lipinski definition) is 0. The number of pyridine rings is 1. The van der Waals surface area contributed by atoms with Gasteiger partial charge in [0.05, 0.1) is 5.38 Å². The first kappa shape index (κ1) is 13.6. The Morgan fingerprint density at radius 3 is 2.67 bits per heavy atom. The second-order valence-electron chi connectivity index (χ2n) is 4.45. The van der Waals surface area contributed by atoms with E-state index in [1.165, 1.54) is 11.1 Å². The Kier molecular flexibility index (Phi) is 4.41. The average Bonchev–Trinajstić information content (AvgIpc) is 2.35. The van der Waals surface area contributed by atoms with Crippen LogP contribution in [-0.4, -0.2) is 4.98 Å². The fourth-order valence-corrected chi connectivity index (χ4v) is 2.41. The maximum Gasteiger partial charge on any atom is 0.0640 e. The summed E-state index contributed by atoms with van der Waals surface area (Å²) >= 11 is 9.98. The van der Waals surface area contributed by atoms with Crippen LogP contribution in [0.1, 0.15) is 27.8 Å². The van der Waals surface area contributed by atoms with Gasteiger partial charge in [0, 0.05) is 22.8 Å². The minimum Gasteiger partial charge on any atom is -0.261 e. The van der Waals surface area contributed by atoms with Gasteiger partial charge in [0.2, 0.25) is 0 Å². The first-order valence-corrected chi connectivity index (χ1v) is 7.11. The molecule has 0 amide bonds. The molecule has 0 N–H and O–H groups in total. The third-order valence-corrected chi connectivity index (χ3v) is 4.33. The van der Waals surface area contributed by atoms with Gasteiger partial charge in [-0.2, -0.15) is 0 Å². The van der Waals surface area contributed by atoms with Crippen LogP contribution in [0.25, 0.3) is 0 Å². The molecule has 0 spiro atoms. The van der Waals surface area contributed by atoms with E-state index in [1.807, 2.05) is 18.3 Å². The molecule has 0 fully saturated rings. The Hall–Kier alpha value is -0.860. The molecule has 1 unspecified atom stereocenters. The largest absolute Gasteiger partial charge is 0.261 e. The van der Waals surface area contributed by atoms with Crippen LogP contribution in [0, 0.1) is 13.8 Å². The Morgan fingerprint density at radius 1 is 1.22 bits per heavy atom. The SMILES string of the molecule is Cc1cc(C(Cl)Cc2ncccc2C)ccc1Br. The number of rotatable bonds is 3. The quantitative estimate of drug-likeness (QED) is 0.725. The Labute approximate surface area is 121 Å². The topological polar surface area (TPSA) is 12.9 Å². The van der Waals surface area contributed by atoms with Crippen LogP contribution in [0.4, 0.5) is 0 Å². The number of aryl methyl sites for hydroxylation is 2. The first-order valence-electron chi connectivity index (χ1n) is 5.88. The molecule has 1 atom stereocenters. The zero-order valence-electron chi connectivity index (χ0n) is 10.5. The van der Waals surface area contributed by atoms with Crippen molar-refractivity contribution in [2.24, 2.45) is 0 Å². The molecule has 0 aliphatic heterocycles. The summed E-state index contributed by atoms with van der Waals surface area (Å²) in [5.74, 6) is 0. The molecule has 1 heterocycles. The van der Waals surface area contributed by atoms with E-state index in [-0.39, 0.29) is 5.38 Å². The van der Waals surface area contributed by atoms with E-state index in [1.54, 1.807) is 0 Å². The van der Waals surface area contributed by atoms with E-state index in [0.717, 1.165) is 22.2 Å². The Balaban J connectivity index is 2.19. The lowest BCUT2D eigenvalue weighted by Gasteiger charge is -2.12. The average molecular weight is 325 g/mol. The molecular weight excluding hydrogens is 310 g/mol. The highest BCUT2D eigenvalue weighted by atomic mass is 79.9. The summed E-state index contributed by atoms with van der Waals surface area (Å²) in [7, 11) is 0. The van der Waals surface area contributed by atoms with Crippen molar-refractivity contribution in [2.45, 2.75) is 25.6 Å². The molecule has 2 rings (SSSR count). The van der Waals surface area contributed by atoms with E-state index in [0.29, 0.717) is 0 Å². The molecule has 1 aromatic carbocycles. The molecule has 94 valence electrons. The second kappa shape index (κ2) is 5.85. The van der Waals surface area contributed by atoms with Crippen LogP contribution in [-0.2, 0) is 6.42 Å². The summed E-state index contributed by atoms with van der Waals surface area (Å²) < 4.78 is 1.11. The van der Waals surface area contributed by atoms with Crippen molar-refractivity contribution in [1.82, 2.24) is 4.98 Å². The van der Waals surface area contributed by atoms with Crippen molar-refractivity contribution in [3.8, 4) is 0 Å². The van der Waals surface area contributed by atoms with Crippen molar-refractivity contribution in [2.75, 3.05) is 0 Å². The van der Waals surface area contributed by atoms with E-state index in [2.05, 4.69) is 53.0 Å². The van der Waals surface area contributed by atoms with Crippen LogP contribution in [0.15, 0.2) is 41.0 Å². The third-order valence-electron chi connectivity index (χ3n) is 3.03. The number of hydrogen-bond acceptors (Lipinski definition) is 1. The lowest BCUT2D eigenvalue weighted by molar-refractivity contribution is 0.868. The fraction of sp³-hybridized carbons (Fsp3) is 0.267. The zero-order valence-corrected chi connectivity index (χ0v) is 12.8. The predicted molar refractivity (Wildman–Crippen MR) is 80.2 cm³/mol. The monoisotopic (exact) mass is 323 g/mol. The van der Waals surface area contributed by atoms with Crippen molar-refractivity contribution < 1.29 is 0 Å². The van der Waals surface area contributed by atoms with Crippen molar-refractivity contribution in [1.29, 1.82) is 0 Å². The van der Waals surface area contributed by atoms with Crippen LogP contribution in [0.2, 0.25) is 0 Å². The molecule has 0 saturated carbocycles. The standard InChI is InChI=1S/C15H15BrClN/c1-10-4-3-7-18-15(10)9-14(17)12-5-6-13(16)11(2)8-12/h3-8,14H,9H2,1-2H3. The molecule has 2 aromatic rings. The van der Waals surface area contributed by atoms with Gasteiger partial charge in [0.1, 0.15) is 0 Å². The van der Waals surface area contributed by atoms with Crippen LogP contribution < -0.4 is 0 Å².